The number of ether oxygens (including phenoxy) is 2. The van der Waals surface area contributed by atoms with Crippen LogP contribution in [0.1, 0.15) is 37.3 Å². The number of rotatable bonds is 10. The zero-order valence-corrected chi connectivity index (χ0v) is 19.0. The molecule has 8 heteroatoms. The van der Waals surface area contributed by atoms with Gasteiger partial charge in [0.1, 0.15) is 46.7 Å². The van der Waals surface area contributed by atoms with Crippen LogP contribution in [0.3, 0.4) is 0 Å². The van der Waals surface area contributed by atoms with Crippen molar-refractivity contribution in [1.82, 2.24) is 0 Å². The molecule has 0 saturated heterocycles. The minimum atomic E-state index is -1.09. The maximum absolute atomic E-state index is 12.9. The molecule has 0 radical (unpaired) electrons. The first kappa shape index (κ1) is 24.6. The molecule has 2 atom stereocenters. The number of hydrogen-bond donors (Lipinski definition) is 4. The van der Waals surface area contributed by atoms with Crippen LogP contribution in [0.4, 0.5) is 0 Å². The van der Waals surface area contributed by atoms with E-state index < -0.39 is 18.1 Å². The summed E-state index contributed by atoms with van der Waals surface area (Å²) < 4.78 is 16.7. The Balaban J connectivity index is 2.10. The molecular weight excluding hydrogens is 428 g/mol. The second-order valence-electron chi connectivity index (χ2n) is 8.08. The summed E-state index contributed by atoms with van der Waals surface area (Å²) in [5.74, 6) is 0.298. The summed E-state index contributed by atoms with van der Waals surface area (Å²) in [6.45, 7) is 3.65. The van der Waals surface area contributed by atoms with Gasteiger partial charge in [0.2, 0.25) is 0 Å². The first-order valence-electron chi connectivity index (χ1n) is 10.9. The van der Waals surface area contributed by atoms with Gasteiger partial charge in [0.15, 0.2) is 5.43 Å². The summed E-state index contributed by atoms with van der Waals surface area (Å²) in [6.07, 6.45) is 0.0504. The van der Waals surface area contributed by atoms with Gasteiger partial charge in [-0.05, 0) is 18.1 Å². The molecule has 33 heavy (non-hydrogen) atoms. The molecule has 4 N–H and O–H groups in total. The molecule has 0 bridgehead atoms. The normalized spacial score (nSPS) is 13.2. The second-order valence-corrected chi connectivity index (χ2v) is 8.08. The van der Waals surface area contributed by atoms with Gasteiger partial charge in [-0.25, -0.2) is 0 Å². The van der Waals surface area contributed by atoms with E-state index in [2.05, 4.69) is 0 Å². The molecule has 2 unspecified atom stereocenters. The Morgan fingerprint density at radius 1 is 1.12 bits per heavy atom. The lowest BCUT2D eigenvalue weighted by Crippen LogP contribution is -2.21. The highest BCUT2D eigenvalue weighted by Crippen LogP contribution is 2.38. The lowest BCUT2D eigenvalue weighted by Gasteiger charge is -2.16. The third-order valence-corrected chi connectivity index (χ3v) is 5.46. The predicted octanol–water partition coefficient (Wildman–Crippen LogP) is 3.31. The van der Waals surface area contributed by atoms with E-state index in [1.54, 1.807) is 19.2 Å². The van der Waals surface area contributed by atoms with Crippen LogP contribution in [-0.4, -0.2) is 53.5 Å². The maximum atomic E-state index is 12.9. The van der Waals surface area contributed by atoms with Crippen LogP contribution in [0.15, 0.2) is 39.5 Å². The Morgan fingerprint density at radius 3 is 2.52 bits per heavy atom. The molecule has 3 rings (SSSR count). The first-order valence-corrected chi connectivity index (χ1v) is 10.9. The highest BCUT2D eigenvalue weighted by molar-refractivity contribution is 5.88. The Kier molecular flexibility index (Phi) is 7.97. The molecule has 1 heterocycles. The second kappa shape index (κ2) is 10.7. The number of benzene rings is 2. The van der Waals surface area contributed by atoms with Gasteiger partial charge in [-0.2, -0.15) is 0 Å². The van der Waals surface area contributed by atoms with Gasteiger partial charge < -0.3 is 34.3 Å². The number of aliphatic hydroxyl groups excluding tert-OH is 2. The van der Waals surface area contributed by atoms with Gasteiger partial charge in [-0.15, -0.1) is 0 Å². The lowest BCUT2D eigenvalue weighted by molar-refractivity contribution is 0.0532. The van der Waals surface area contributed by atoms with Gasteiger partial charge in [-0.1, -0.05) is 32.4 Å². The molecule has 2 aromatic carbocycles. The summed E-state index contributed by atoms with van der Waals surface area (Å²) >= 11 is 0. The monoisotopic (exact) mass is 458 g/mol. The van der Waals surface area contributed by atoms with E-state index in [1.165, 1.54) is 18.2 Å². The number of aromatic hydroxyl groups is 2. The summed E-state index contributed by atoms with van der Waals surface area (Å²) in [7, 11) is 1.59. The number of methoxy groups -OCH3 is 1. The number of phenols is 2. The van der Waals surface area contributed by atoms with E-state index in [-0.39, 0.29) is 46.5 Å². The maximum Gasteiger partial charge on any atom is 0.197 e. The van der Waals surface area contributed by atoms with Crippen LogP contribution in [0.2, 0.25) is 0 Å². The minimum Gasteiger partial charge on any atom is -0.508 e. The van der Waals surface area contributed by atoms with Crippen molar-refractivity contribution in [3.05, 3.63) is 51.7 Å². The zero-order chi connectivity index (χ0) is 24.1. The van der Waals surface area contributed by atoms with E-state index in [9.17, 15) is 20.1 Å². The lowest BCUT2D eigenvalue weighted by atomic mass is 9.98. The van der Waals surface area contributed by atoms with Crippen LogP contribution in [0, 0.1) is 0 Å². The molecule has 178 valence electrons. The Bertz CT molecular complexity index is 1170. The molecular formula is C25H30O8. The highest BCUT2D eigenvalue weighted by atomic mass is 16.5. The van der Waals surface area contributed by atoms with Crippen molar-refractivity contribution in [2.75, 3.05) is 26.9 Å². The van der Waals surface area contributed by atoms with Crippen molar-refractivity contribution in [2.24, 2.45) is 0 Å². The number of phenolic OH excluding ortho intramolecular Hbond substituents is 2. The van der Waals surface area contributed by atoms with Gasteiger partial charge in [-0.3, -0.25) is 4.79 Å². The van der Waals surface area contributed by atoms with Crippen LogP contribution in [0.25, 0.3) is 22.3 Å². The summed E-state index contributed by atoms with van der Waals surface area (Å²) in [4.78, 5) is 12.9. The molecule has 3 aromatic rings. The molecule has 1 aromatic heterocycles. The minimum absolute atomic E-state index is 0.0180. The molecule has 0 fully saturated rings. The van der Waals surface area contributed by atoms with E-state index in [0.29, 0.717) is 36.1 Å². The summed E-state index contributed by atoms with van der Waals surface area (Å²) in [6, 6.07) is 7.80. The van der Waals surface area contributed by atoms with Crippen molar-refractivity contribution in [2.45, 2.75) is 38.7 Å². The number of fused-ring (bicyclic) bond motifs is 1. The first-order chi connectivity index (χ1) is 15.8. The molecule has 0 amide bonds. The van der Waals surface area contributed by atoms with Gasteiger partial charge in [0.25, 0.3) is 0 Å². The fourth-order valence-corrected chi connectivity index (χ4v) is 3.78. The Morgan fingerprint density at radius 2 is 1.88 bits per heavy atom. The van der Waals surface area contributed by atoms with E-state index in [1.807, 2.05) is 13.8 Å². The van der Waals surface area contributed by atoms with Gasteiger partial charge >= 0.3 is 0 Å². The average Bonchev–Trinajstić information content (AvgIpc) is 2.79. The predicted molar refractivity (Wildman–Crippen MR) is 124 cm³/mol. The fraction of sp³-hybridized carbons (Fsp3) is 0.400. The molecule has 0 spiro atoms. The molecule has 0 saturated carbocycles. The SMILES string of the molecule is CCCc1c(OCC(O)CO)cc2oc(-c3ccc(C(C)COC)c(O)c3)cc(=O)c2c1O. The smallest absolute Gasteiger partial charge is 0.197 e. The summed E-state index contributed by atoms with van der Waals surface area (Å²) in [5.41, 5.74) is 1.32. The molecule has 0 aliphatic heterocycles. The van der Waals surface area contributed by atoms with Crippen molar-refractivity contribution in [3.63, 3.8) is 0 Å². The van der Waals surface area contributed by atoms with E-state index in [0.717, 1.165) is 0 Å². The highest BCUT2D eigenvalue weighted by Gasteiger charge is 2.20. The third kappa shape index (κ3) is 5.30. The standard InChI is InChI=1S/C25H30O8/c1-4-5-18-22(32-13-16(27)11-26)10-23-24(25(18)30)20(29)9-21(33-23)15-6-7-17(19(28)8-15)14(2)12-31-3/h6-10,14,16,26-28,30H,4-5,11-13H2,1-3H3. The molecule has 0 aliphatic carbocycles. The van der Waals surface area contributed by atoms with Crippen LogP contribution in [-0.2, 0) is 11.2 Å². The van der Waals surface area contributed by atoms with E-state index >= 15 is 0 Å². The van der Waals surface area contributed by atoms with Gasteiger partial charge in [0, 0.05) is 36.3 Å². The number of hydrogen-bond acceptors (Lipinski definition) is 8. The van der Waals surface area contributed by atoms with E-state index in [4.69, 9.17) is 19.0 Å². The van der Waals surface area contributed by atoms with Crippen molar-refractivity contribution in [3.8, 4) is 28.6 Å². The van der Waals surface area contributed by atoms with Crippen molar-refractivity contribution < 1.29 is 34.3 Å². The van der Waals surface area contributed by atoms with Crippen LogP contribution >= 0.6 is 0 Å². The number of aliphatic hydroxyl groups is 2. The fourth-order valence-electron chi connectivity index (χ4n) is 3.78. The largest absolute Gasteiger partial charge is 0.508 e. The third-order valence-electron chi connectivity index (χ3n) is 5.46. The van der Waals surface area contributed by atoms with Crippen LogP contribution < -0.4 is 10.2 Å². The van der Waals surface area contributed by atoms with Crippen molar-refractivity contribution >= 4 is 11.0 Å². The van der Waals surface area contributed by atoms with Crippen LogP contribution in [0.5, 0.6) is 17.2 Å². The quantitative estimate of drug-likeness (QED) is 0.364. The topological polar surface area (TPSA) is 130 Å². The Hall–Kier alpha value is -3.07. The average molecular weight is 459 g/mol. The molecule has 0 aliphatic rings. The Labute approximate surface area is 191 Å². The zero-order valence-electron chi connectivity index (χ0n) is 19.0. The molecule has 8 nitrogen and oxygen atoms in total. The summed E-state index contributed by atoms with van der Waals surface area (Å²) in [5, 5.41) is 40.0. The van der Waals surface area contributed by atoms with Crippen molar-refractivity contribution in [1.29, 1.82) is 0 Å². The van der Waals surface area contributed by atoms with Gasteiger partial charge in [0.05, 0.1) is 13.2 Å².